The minimum Gasteiger partial charge on any atom is -0.454 e. The minimum absolute atomic E-state index is 0.219. The summed E-state index contributed by atoms with van der Waals surface area (Å²) >= 11 is 0. The number of benzene rings is 2. The fraction of sp³-hybridized carbons (Fsp3) is 0.0909. The zero-order valence-electron chi connectivity index (χ0n) is 15.3. The molecule has 0 fully saturated rings. The van der Waals surface area contributed by atoms with Crippen molar-refractivity contribution in [3.8, 4) is 23.0 Å². The summed E-state index contributed by atoms with van der Waals surface area (Å²) in [6.07, 6.45) is 3.16. The Morgan fingerprint density at radius 2 is 1.93 bits per heavy atom. The molecule has 0 radical (unpaired) electrons. The first-order chi connectivity index (χ1) is 14.2. The maximum Gasteiger partial charge on any atom is 0.244 e. The molecule has 5 rings (SSSR count). The fourth-order valence-electron chi connectivity index (χ4n) is 3.04. The number of furan rings is 1. The monoisotopic (exact) mass is 388 g/mol. The second-order valence-electron chi connectivity index (χ2n) is 6.49. The topological polar surface area (TPSA) is 86.7 Å². The van der Waals surface area contributed by atoms with Crippen molar-refractivity contribution in [2.24, 2.45) is 0 Å². The average molecular weight is 388 g/mol. The number of amides is 1. The Hall–Kier alpha value is -4.00. The van der Waals surface area contributed by atoms with E-state index >= 15 is 0 Å². The third-order valence-electron chi connectivity index (χ3n) is 4.49. The molecule has 0 bridgehead atoms. The van der Waals surface area contributed by atoms with Crippen LogP contribution in [0.3, 0.4) is 0 Å². The van der Waals surface area contributed by atoms with E-state index in [9.17, 15) is 4.79 Å². The van der Waals surface area contributed by atoms with E-state index in [0.717, 1.165) is 16.5 Å². The number of hydrogen-bond donors (Lipinski definition) is 1. The summed E-state index contributed by atoms with van der Waals surface area (Å²) in [4.78, 5) is 12.1. The van der Waals surface area contributed by atoms with Gasteiger partial charge in [0.25, 0.3) is 0 Å². The van der Waals surface area contributed by atoms with Crippen molar-refractivity contribution in [1.29, 1.82) is 0 Å². The van der Waals surface area contributed by atoms with Gasteiger partial charge >= 0.3 is 0 Å². The predicted octanol–water partition coefficient (Wildman–Crippen LogP) is 4.15. The van der Waals surface area contributed by atoms with Gasteiger partial charge in [-0.05, 0) is 35.9 Å². The summed E-state index contributed by atoms with van der Waals surface area (Å²) < 4.78 is 21.7. The van der Waals surface area contributed by atoms with Crippen LogP contribution in [-0.4, -0.2) is 17.9 Å². The van der Waals surface area contributed by atoms with E-state index in [4.69, 9.17) is 18.4 Å². The lowest BCUT2D eigenvalue weighted by molar-refractivity contribution is -0.116. The normalized spacial score (nSPS) is 12.7. The highest BCUT2D eigenvalue weighted by Gasteiger charge is 2.13. The molecule has 3 heterocycles. The number of carbonyl (C=O) groups excluding carboxylic acids is 1. The van der Waals surface area contributed by atoms with Crippen LogP contribution in [0, 0.1) is 0 Å². The van der Waals surface area contributed by atoms with Crippen LogP contribution in [0.15, 0.2) is 69.6 Å². The van der Waals surface area contributed by atoms with Gasteiger partial charge in [-0.15, -0.1) is 0 Å². The minimum atomic E-state index is -0.240. The molecule has 4 aromatic rings. The molecule has 0 aliphatic carbocycles. The smallest absolute Gasteiger partial charge is 0.244 e. The molecule has 0 unspecified atom stereocenters. The van der Waals surface area contributed by atoms with Crippen molar-refractivity contribution in [3.05, 3.63) is 71.9 Å². The number of aromatic nitrogens is 1. The summed E-state index contributed by atoms with van der Waals surface area (Å²) in [5.41, 5.74) is 2.23. The van der Waals surface area contributed by atoms with Gasteiger partial charge in [-0.3, -0.25) is 4.79 Å². The summed E-state index contributed by atoms with van der Waals surface area (Å²) in [5, 5.41) is 7.75. The number of nitrogens with zero attached hydrogens (tertiary/aromatic N) is 1. The highest BCUT2D eigenvalue weighted by molar-refractivity contribution is 5.91. The quantitative estimate of drug-likeness (QED) is 0.517. The third-order valence-corrected chi connectivity index (χ3v) is 4.49. The number of carbonyl (C=O) groups is 1. The van der Waals surface area contributed by atoms with Gasteiger partial charge in [-0.25, -0.2) is 0 Å². The number of nitrogens with one attached hydrogen (secondary N) is 1. The van der Waals surface area contributed by atoms with Crippen molar-refractivity contribution in [1.82, 2.24) is 10.5 Å². The lowest BCUT2D eigenvalue weighted by Gasteiger charge is -1.99. The van der Waals surface area contributed by atoms with Crippen LogP contribution in [0.4, 0.5) is 0 Å². The molecule has 0 atom stereocenters. The Kier molecular flexibility index (Phi) is 4.25. The molecular formula is C22H16N2O5. The Morgan fingerprint density at radius 1 is 1.03 bits per heavy atom. The molecule has 0 spiro atoms. The van der Waals surface area contributed by atoms with Crippen LogP contribution < -0.4 is 14.8 Å². The summed E-state index contributed by atoms with van der Waals surface area (Å²) in [6, 6.07) is 16.8. The van der Waals surface area contributed by atoms with Gasteiger partial charge in [0, 0.05) is 17.5 Å². The molecule has 2 aromatic carbocycles. The SMILES string of the molecule is O=C(/C=C/c1ccc2c(c1)OCO2)NCc1cc(-c2cc3ccccc3o2)on1. The third kappa shape index (κ3) is 3.58. The van der Waals surface area contributed by atoms with Crippen molar-refractivity contribution in [3.63, 3.8) is 0 Å². The zero-order valence-corrected chi connectivity index (χ0v) is 15.3. The van der Waals surface area contributed by atoms with Gasteiger partial charge < -0.3 is 23.7 Å². The molecule has 1 aliphatic rings. The lowest BCUT2D eigenvalue weighted by Crippen LogP contribution is -2.20. The van der Waals surface area contributed by atoms with Gasteiger partial charge in [-0.1, -0.05) is 29.4 Å². The van der Waals surface area contributed by atoms with E-state index in [1.54, 1.807) is 12.1 Å². The van der Waals surface area contributed by atoms with Crippen molar-refractivity contribution >= 4 is 23.0 Å². The second kappa shape index (κ2) is 7.20. The standard InChI is InChI=1S/C22H16N2O5/c25-22(8-6-14-5-7-18-19(9-14)27-13-26-18)23-12-16-11-21(29-24-16)20-10-15-3-1-2-4-17(15)28-20/h1-11H,12-13H2,(H,23,25)/b8-6+. The Morgan fingerprint density at radius 3 is 2.86 bits per heavy atom. The van der Waals surface area contributed by atoms with E-state index in [1.165, 1.54) is 6.08 Å². The first-order valence-electron chi connectivity index (χ1n) is 9.05. The Bertz CT molecular complexity index is 1190. The van der Waals surface area contributed by atoms with Crippen molar-refractivity contribution < 1.29 is 23.2 Å². The van der Waals surface area contributed by atoms with Crippen LogP contribution in [0.1, 0.15) is 11.3 Å². The average Bonchev–Trinajstić information content (AvgIpc) is 3.48. The number of fused-ring (bicyclic) bond motifs is 2. The van der Waals surface area contributed by atoms with E-state index in [0.29, 0.717) is 28.7 Å². The molecule has 29 heavy (non-hydrogen) atoms. The molecule has 1 aliphatic heterocycles. The van der Waals surface area contributed by atoms with Gasteiger partial charge in [-0.2, -0.15) is 0 Å². The van der Waals surface area contributed by atoms with Crippen LogP contribution in [0.2, 0.25) is 0 Å². The van der Waals surface area contributed by atoms with E-state index in [-0.39, 0.29) is 19.2 Å². The van der Waals surface area contributed by atoms with Gasteiger partial charge in [0.2, 0.25) is 18.5 Å². The van der Waals surface area contributed by atoms with Crippen LogP contribution in [0.25, 0.3) is 28.6 Å². The Labute approximate surface area is 165 Å². The van der Waals surface area contributed by atoms with Crippen molar-refractivity contribution in [2.75, 3.05) is 6.79 Å². The highest BCUT2D eigenvalue weighted by Crippen LogP contribution is 2.32. The number of para-hydroxylation sites is 1. The van der Waals surface area contributed by atoms with E-state index in [2.05, 4.69) is 10.5 Å². The highest BCUT2D eigenvalue weighted by atomic mass is 16.7. The molecule has 2 aromatic heterocycles. The van der Waals surface area contributed by atoms with E-state index in [1.807, 2.05) is 48.5 Å². The van der Waals surface area contributed by atoms with Crippen LogP contribution in [-0.2, 0) is 11.3 Å². The lowest BCUT2D eigenvalue weighted by atomic mass is 10.2. The summed E-state index contributed by atoms with van der Waals surface area (Å²) in [5.74, 6) is 2.25. The number of hydrogen-bond acceptors (Lipinski definition) is 6. The second-order valence-corrected chi connectivity index (χ2v) is 6.49. The largest absolute Gasteiger partial charge is 0.454 e. The number of rotatable bonds is 5. The molecule has 7 heteroatoms. The fourth-order valence-corrected chi connectivity index (χ4v) is 3.04. The van der Waals surface area contributed by atoms with Gasteiger partial charge in [0.15, 0.2) is 17.3 Å². The van der Waals surface area contributed by atoms with Crippen LogP contribution in [0.5, 0.6) is 11.5 Å². The van der Waals surface area contributed by atoms with E-state index < -0.39 is 0 Å². The zero-order chi connectivity index (χ0) is 19.6. The molecular weight excluding hydrogens is 372 g/mol. The van der Waals surface area contributed by atoms with Gasteiger partial charge in [0.1, 0.15) is 11.3 Å². The van der Waals surface area contributed by atoms with Gasteiger partial charge in [0.05, 0.1) is 6.54 Å². The molecule has 1 amide bonds. The van der Waals surface area contributed by atoms with Crippen LogP contribution >= 0.6 is 0 Å². The Balaban J connectivity index is 1.21. The molecule has 0 saturated heterocycles. The molecule has 1 N–H and O–H groups in total. The summed E-state index contributed by atoms with van der Waals surface area (Å²) in [7, 11) is 0. The predicted molar refractivity (Wildman–Crippen MR) is 105 cm³/mol. The summed E-state index contributed by atoms with van der Waals surface area (Å²) in [6.45, 7) is 0.463. The molecule has 0 saturated carbocycles. The molecule has 144 valence electrons. The number of ether oxygens (including phenoxy) is 2. The maximum atomic E-state index is 12.1. The first-order valence-corrected chi connectivity index (χ1v) is 9.05. The first kappa shape index (κ1) is 17.1. The van der Waals surface area contributed by atoms with Crippen molar-refractivity contribution in [2.45, 2.75) is 6.54 Å². The maximum absolute atomic E-state index is 12.1. The molecule has 7 nitrogen and oxygen atoms in total.